The molecule has 0 aliphatic rings. The lowest BCUT2D eigenvalue weighted by Crippen LogP contribution is -2.20. The smallest absolute Gasteiger partial charge is 0.123 e. The van der Waals surface area contributed by atoms with Crippen LogP contribution in [-0.2, 0) is 13.1 Å². The van der Waals surface area contributed by atoms with E-state index in [0.717, 1.165) is 18.7 Å². The number of hydrogen-bond acceptors (Lipinski definition) is 2. The largest absolute Gasteiger partial charge is 0.306 e. The van der Waals surface area contributed by atoms with E-state index in [9.17, 15) is 4.39 Å². The molecule has 0 spiro atoms. The molecule has 2 rings (SSSR count). The fourth-order valence-corrected chi connectivity index (χ4v) is 2.38. The molecule has 1 N–H and O–H groups in total. The maximum Gasteiger partial charge on any atom is 0.123 e. The normalized spacial score (nSPS) is 12.6. The molecule has 0 heterocycles. The van der Waals surface area contributed by atoms with Gasteiger partial charge in [-0.2, -0.15) is 0 Å². The minimum Gasteiger partial charge on any atom is -0.306 e. The van der Waals surface area contributed by atoms with Gasteiger partial charge in [-0.15, -0.1) is 0 Å². The monoisotopic (exact) mass is 286 g/mol. The molecular weight excluding hydrogens is 263 g/mol. The van der Waals surface area contributed by atoms with E-state index in [1.165, 1.54) is 17.2 Å². The van der Waals surface area contributed by atoms with Gasteiger partial charge in [0.15, 0.2) is 0 Å². The molecule has 0 aromatic heterocycles. The van der Waals surface area contributed by atoms with Crippen molar-refractivity contribution in [2.24, 2.45) is 0 Å². The molecule has 0 saturated heterocycles. The van der Waals surface area contributed by atoms with Gasteiger partial charge in [0.2, 0.25) is 0 Å². The number of nitrogens with zero attached hydrogens (tertiary/aromatic N) is 1. The van der Waals surface area contributed by atoms with E-state index in [0.29, 0.717) is 0 Å². The summed E-state index contributed by atoms with van der Waals surface area (Å²) in [5, 5.41) is 3.47. The number of benzene rings is 2. The topological polar surface area (TPSA) is 15.3 Å². The van der Waals surface area contributed by atoms with Gasteiger partial charge in [-0.1, -0.05) is 36.4 Å². The van der Waals surface area contributed by atoms with E-state index < -0.39 is 0 Å². The third kappa shape index (κ3) is 4.66. The first-order valence-corrected chi connectivity index (χ1v) is 7.26. The summed E-state index contributed by atoms with van der Waals surface area (Å²) in [7, 11) is 4.14. The van der Waals surface area contributed by atoms with Gasteiger partial charge in [-0.25, -0.2) is 4.39 Å². The van der Waals surface area contributed by atoms with Gasteiger partial charge in [0.1, 0.15) is 5.82 Å². The molecule has 1 atom stereocenters. The number of hydrogen-bond donors (Lipinski definition) is 1. The fourth-order valence-electron chi connectivity index (χ4n) is 2.38. The predicted octanol–water partition coefficient (Wildman–Crippen LogP) is 3.74. The zero-order valence-electron chi connectivity index (χ0n) is 12.9. The van der Waals surface area contributed by atoms with Gasteiger partial charge in [-0.3, -0.25) is 0 Å². The standard InChI is InChI=1S/C18H23FN2/c1-14(15-9-6-10-18(19)11-15)20-12-16-7-4-5-8-17(16)13-21(2)3/h4-11,14,20H,12-13H2,1-3H3. The molecular formula is C18H23FN2. The molecule has 0 aliphatic heterocycles. The Hall–Kier alpha value is -1.71. The van der Waals surface area contributed by atoms with E-state index in [4.69, 9.17) is 0 Å². The van der Waals surface area contributed by atoms with Crippen molar-refractivity contribution in [2.45, 2.75) is 26.1 Å². The summed E-state index contributed by atoms with van der Waals surface area (Å²) in [5.41, 5.74) is 3.58. The number of nitrogens with one attached hydrogen (secondary N) is 1. The minimum atomic E-state index is -0.186. The third-order valence-electron chi connectivity index (χ3n) is 3.55. The Morgan fingerprint density at radius 1 is 1.05 bits per heavy atom. The molecule has 2 aromatic carbocycles. The van der Waals surface area contributed by atoms with Crippen LogP contribution in [0.25, 0.3) is 0 Å². The zero-order chi connectivity index (χ0) is 15.2. The Kier molecular flexibility index (Phi) is 5.48. The van der Waals surface area contributed by atoms with Crippen molar-refractivity contribution in [3.63, 3.8) is 0 Å². The van der Waals surface area contributed by atoms with Gasteiger partial charge in [0.05, 0.1) is 0 Å². The Labute approximate surface area is 126 Å². The molecule has 2 nitrogen and oxygen atoms in total. The molecule has 1 unspecified atom stereocenters. The number of halogens is 1. The predicted molar refractivity (Wildman–Crippen MR) is 85.5 cm³/mol. The summed E-state index contributed by atoms with van der Waals surface area (Å²) in [4.78, 5) is 2.16. The van der Waals surface area contributed by atoms with Crippen LogP contribution in [0.1, 0.15) is 29.7 Å². The maximum absolute atomic E-state index is 13.3. The molecule has 0 fully saturated rings. The van der Waals surface area contributed by atoms with Crippen LogP contribution in [0, 0.1) is 5.82 Å². The Morgan fingerprint density at radius 3 is 2.43 bits per heavy atom. The van der Waals surface area contributed by atoms with Crippen LogP contribution in [0.3, 0.4) is 0 Å². The molecule has 0 bridgehead atoms. The first kappa shape index (κ1) is 15.7. The van der Waals surface area contributed by atoms with Crippen molar-refractivity contribution in [3.8, 4) is 0 Å². The summed E-state index contributed by atoms with van der Waals surface area (Å²) < 4.78 is 13.3. The lowest BCUT2D eigenvalue weighted by molar-refractivity contribution is 0.400. The average molecular weight is 286 g/mol. The van der Waals surface area contributed by atoms with Crippen LogP contribution in [0.5, 0.6) is 0 Å². The van der Waals surface area contributed by atoms with E-state index in [-0.39, 0.29) is 11.9 Å². The Morgan fingerprint density at radius 2 is 1.76 bits per heavy atom. The summed E-state index contributed by atoms with van der Waals surface area (Å²) >= 11 is 0. The van der Waals surface area contributed by atoms with Crippen molar-refractivity contribution in [1.82, 2.24) is 10.2 Å². The molecule has 2 aromatic rings. The number of rotatable bonds is 6. The first-order chi connectivity index (χ1) is 10.1. The molecule has 112 valence electrons. The highest BCUT2D eigenvalue weighted by Gasteiger charge is 2.08. The molecule has 0 saturated carbocycles. The van der Waals surface area contributed by atoms with Gasteiger partial charge < -0.3 is 10.2 Å². The van der Waals surface area contributed by atoms with Crippen LogP contribution in [0.4, 0.5) is 4.39 Å². The molecule has 3 heteroatoms. The van der Waals surface area contributed by atoms with E-state index >= 15 is 0 Å². The van der Waals surface area contributed by atoms with Gasteiger partial charge in [0, 0.05) is 19.1 Å². The zero-order valence-corrected chi connectivity index (χ0v) is 12.9. The van der Waals surface area contributed by atoms with Crippen molar-refractivity contribution in [2.75, 3.05) is 14.1 Å². The highest BCUT2D eigenvalue weighted by atomic mass is 19.1. The van der Waals surface area contributed by atoms with Crippen LogP contribution >= 0.6 is 0 Å². The van der Waals surface area contributed by atoms with Gasteiger partial charge >= 0.3 is 0 Å². The molecule has 0 aliphatic carbocycles. The molecule has 0 radical (unpaired) electrons. The van der Waals surface area contributed by atoms with E-state index in [2.05, 4.69) is 55.5 Å². The van der Waals surface area contributed by atoms with Crippen molar-refractivity contribution in [3.05, 3.63) is 71.0 Å². The van der Waals surface area contributed by atoms with E-state index in [1.54, 1.807) is 12.1 Å². The second-order valence-electron chi connectivity index (χ2n) is 5.66. The second kappa shape index (κ2) is 7.34. The van der Waals surface area contributed by atoms with Crippen LogP contribution < -0.4 is 5.32 Å². The van der Waals surface area contributed by atoms with E-state index in [1.807, 2.05) is 6.07 Å². The van der Waals surface area contributed by atoms with Crippen molar-refractivity contribution in [1.29, 1.82) is 0 Å². The second-order valence-corrected chi connectivity index (χ2v) is 5.66. The Bertz CT molecular complexity index is 581. The summed E-state index contributed by atoms with van der Waals surface area (Å²) in [6.45, 7) is 3.76. The first-order valence-electron chi connectivity index (χ1n) is 7.26. The van der Waals surface area contributed by atoms with Crippen LogP contribution in [-0.4, -0.2) is 19.0 Å². The molecule has 21 heavy (non-hydrogen) atoms. The van der Waals surface area contributed by atoms with Gasteiger partial charge in [-0.05, 0) is 49.8 Å². The maximum atomic E-state index is 13.3. The lowest BCUT2D eigenvalue weighted by atomic mass is 10.1. The minimum absolute atomic E-state index is 0.119. The highest BCUT2D eigenvalue weighted by molar-refractivity contribution is 5.27. The van der Waals surface area contributed by atoms with Crippen LogP contribution in [0.15, 0.2) is 48.5 Å². The van der Waals surface area contributed by atoms with Gasteiger partial charge in [0.25, 0.3) is 0 Å². The van der Waals surface area contributed by atoms with Crippen molar-refractivity contribution < 1.29 is 4.39 Å². The Balaban J connectivity index is 2.02. The third-order valence-corrected chi connectivity index (χ3v) is 3.55. The lowest BCUT2D eigenvalue weighted by Gasteiger charge is -2.18. The molecule has 0 amide bonds. The summed E-state index contributed by atoms with van der Waals surface area (Å²) in [6, 6.07) is 15.3. The quantitative estimate of drug-likeness (QED) is 0.870. The highest BCUT2D eigenvalue weighted by Crippen LogP contribution is 2.16. The van der Waals surface area contributed by atoms with Crippen molar-refractivity contribution >= 4 is 0 Å². The fraction of sp³-hybridized carbons (Fsp3) is 0.333. The summed E-state index contributed by atoms with van der Waals surface area (Å²) in [6.07, 6.45) is 0. The average Bonchev–Trinajstić information content (AvgIpc) is 2.45. The van der Waals surface area contributed by atoms with Crippen LogP contribution in [0.2, 0.25) is 0 Å². The summed E-state index contributed by atoms with van der Waals surface area (Å²) in [5.74, 6) is -0.186. The SMILES string of the molecule is CC(NCc1ccccc1CN(C)C)c1cccc(F)c1.